The van der Waals surface area contributed by atoms with E-state index in [4.69, 9.17) is 0 Å². The lowest BCUT2D eigenvalue weighted by atomic mass is 9.89. The predicted octanol–water partition coefficient (Wildman–Crippen LogP) is 2.74. The van der Waals surface area contributed by atoms with E-state index in [1.54, 1.807) is 0 Å². The molecule has 1 saturated carbocycles. The van der Waals surface area contributed by atoms with Gasteiger partial charge in [-0.05, 0) is 43.5 Å². The predicted molar refractivity (Wildman–Crippen MR) is 67.4 cm³/mol. The Bertz CT molecular complexity index is 399. The third-order valence-corrected chi connectivity index (χ3v) is 4.68. The first kappa shape index (κ1) is 12.5. The average Bonchev–Trinajstić information content (AvgIpc) is 2.78. The molecule has 0 spiro atoms. The lowest BCUT2D eigenvalue weighted by molar-refractivity contribution is 0.470. The van der Waals surface area contributed by atoms with Crippen LogP contribution in [-0.2, 0) is 5.41 Å². The fraction of sp³-hybridized carbons (Fsp3) is 0.643. The average molecular weight is 236 g/mol. The summed E-state index contributed by atoms with van der Waals surface area (Å²) in [5.74, 6) is 0.312. The Hall–Kier alpha value is -0.960. The van der Waals surface area contributed by atoms with Crippen molar-refractivity contribution in [3.63, 3.8) is 0 Å². The van der Waals surface area contributed by atoms with Gasteiger partial charge in [0, 0.05) is 11.1 Å². The van der Waals surface area contributed by atoms with Gasteiger partial charge in [-0.3, -0.25) is 4.98 Å². The Kier molecular flexibility index (Phi) is 2.98. The van der Waals surface area contributed by atoms with Crippen LogP contribution >= 0.6 is 0 Å². The quantitative estimate of drug-likeness (QED) is 0.869. The summed E-state index contributed by atoms with van der Waals surface area (Å²) < 4.78 is 13.0. The SMILES string of the molecule is CCC1(c2ccc(F)cn2)C(CNC)C1(C)C. The molecule has 1 aromatic rings. The number of halogens is 1. The van der Waals surface area contributed by atoms with Gasteiger partial charge in [0.25, 0.3) is 0 Å². The molecule has 0 aliphatic heterocycles. The van der Waals surface area contributed by atoms with E-state index in [1.165, 1.54) is 12.3 Å². The molecule has 1 aliphatic carbocycles. The largest absolute Gasteiger partial charge is 0.319 e. The molecular formula is C14H21FN2. The highest BCUT2D eigenvalue weighted by atomic mass is 19.1. The van der Waals surface area contributed by atoms with Crippen LogP contribution < -0.4 is 5.32 Å². The second-order valence-electron chi connectivity index (χ2n) is 5.52. The van der Waals surface area contributed by atoms with Crippen molar-refractivity contribution in [3.8, 4) is 0 Å². The second-order valence-corrected chi connectivity index (χ2v) is 5.52. The van der Waals surface area contributed by atoms with Gasteiger partial charge in [0.05, 0.1) is 6.20 Å². The molecule has 0 amide bonds. The van der Waals surface area contributed by atoms with Crippen molar-refractivity contribution in [2.75, 3.05) is 13.6 Å². The molecule has 2 atom stereocenters. The first-order chi connectivity index (χ1) is 8.00. The molecule has 17 heavy (non-hydrogen) atoms. The van der Waals surface area contributed by atoms with Crippen LogP contribution in [0.15, 0.2) is 18.3 Å². The normalized spacial score (nSPS) is 30.3. The topological polar surface area (TPSA) is 24.9 Å². The Morgan fingerprint density at radius 1 is 1.41 bits per heavy atom. The molecule has 1 aromatic heterocycles. The van der Waals surface area contributed by atoms with E-state index in [1.807, 2.05) is 13.1 Å². The summed E-state index contributed by atoms with van der Waals surface area (Å²) in [4.78, 5) is 4.31. The molecule has 1 heterocycles. The Morgan fingerprint density at radius 2 is 2.12 bits per heavy atom. The third kappa shape index (κ3) is 1.60. The van der Waals surface area contributed by atoms with Crippen LogP contribution in [0.4, 0.5) is 4.39 Å². The number of rotatable bonds is 4. The summed E-state index contributed by atoms with van der Waals surface area (Å²) in [6, 6.07) is 3.36. The van der Waals surface area contributed by atoms with Gasteiger partial charge in [-0.15, -0.1) is 0 Å². The number of nitrogens with one attached hydrogen (secondary N) is 1. The molecule has 1 fully saturated rings. The van der Waals surface area contributed by atoms with Gasteiger partial charge in [-0.1, -0.05) is 20.8 Å². The maximum Gasteiger partial charge on any atom is 0.141 e. The number of hydrogen-bond donors (Lipinski definition) is 1. The molecular weight excluding hydrogens is 215 g/mol. The monoisotopic (exact) mass is 236 g/mol. The summed E-state index contributed by atoms with van der Waals surface area (Å²) in [5.41, 5.74) is 1.37. The van der Waals surface area contributed by atoms with Crippen molar-refractivity contribution < 1.29 is 4.39 Å². The van der Waals surface area contributed by atoms with Crippen molar-refractivity contribution in [1.82, 2.24) is 10.3 Å². The molecule has 0 radical (unpaired) electrons. The lowest BCUT2D eigenvalue weighted by Gasteiger charge is -2.18. The first-order valence-corrected chi connectivity index (χ1v) is 6.27. The highest BCUT2D eigenvalue weighted by molar-refractivity contribution is 5.36. The second kappa shape index (κ2) is 4.05. The number of pyridine rings is 1. The first-order valence-electron chi connectivity index (χ1n) is 6.27. The smallest absolute Gasteiger partial charge is 0.141 e. The molecule has 94 valence electrons. The number of hydrogen-bond acceptors (Lipinski definition) is 2. The van der Waals surface area contributed by atoms with Gasteiger partial charge < -0.3 is 5.32 Å². The Balaban J connectivity index is 2.36. The minimum absolute atomic E-state index is 0.101. The van der Waals surface area contributed by atoms with E-state index >= 15 is 0 Å². The van der Waals surface area contributed by atoms with E-state index in [0.29, 0.717) is 5.92 Å². The summed E-state index contributed by atoms with van der Waals surface area (Å²) in [7, 11) is 1.98. The van der Waals surface area contributed by atoms with Gasteiger partial charge in [-0.25, -0.2) is 4.39 Å². The molecule has 2 unspecified atom stereocenters. The highest BCUT2D eigenvalue weighted by Crippen LogP contribution is 2.70. The molecule has 2 rings (SSSR count). The minimum Gasteiger partial charge on any atom is -0.319 e. The van der Waals surface area contributed by atoms with Crippen LogP contribution in [0.3, 0.4) is 0 Å². The van der Waals surface area contributed by atoms with Gasteiger partial charge in [0.2, 0.25) is 0 Å². The minimum atomic E-state index is -0.261. The molecule has 1 N–H and O–H groups in total. The van der Waals surface area contributed by atoms with Crippen LogP contribution in [-0.4, -0.2) is 18.6 Å². The third-order valence-electron chi connectivity index (χ3n) is 4.68. The fourth-order valence-corrected chi connectivity index (χ4v) is 3.63. The van der Waals surface area contributed by atoms with Crippen molar-refractivity contribution in [2.45, 2.75) is 32.6 Å². The maximum atomic E-state index is 13.0. The van der Waals surface area contributed by atoms with Gasteiger partial charge in [0.1, 0.15) is 5.82 Å². The van der Waals surface area contributed by atoms with Crippen molar-refractivity contribution in [1.29, 1.82) is 0 Å². The lowest BCUT2D eigenvalue weighted by Crippen LogP contribution is -2.19. The molecule has 0 bridgehead atoms. The highest BCUT2D eigenvalue weighted by Gasteiger charge is 2.70. The van der Waals surface area contributed by atoms with Gasteiger partial charge in [-0.2, -0.15) is 0 Å². The van der Waals surface area contributed by atoms with Gasteiger partial charge >= 0.3 is 0 Å². The van der Waals surface area contributed by atoms with Crippen LogP contribution in [0.2, 0.25) is 0 Å². The fourth-order valence-electron chi connectivity index (χ4n) is 3.63. The van der Waals surface area contributed by atoms with E-state index in [0.717, 1.165) is 18.7 Å². The molecule has 0 aromatic carbocycles. The molecule has 0 saturated heterocycles. The van der Waals surface area contributed by atoms with Crippen LogP contribution in [0.5, 0.6) is 0 Å². The molecule has 2 nitrogen and oxygen atoms in total. The van der Waals surface area contributed by atoms with Crippen molar-refractivity contribution >= 4 is 0 Å². The number of aromatic nitrogens is 1. The summed E-state index contributed by atoms with van der Waals surface area (Å²) >= 11 is 0. The van der Waals surface area contributed by atoms with Crippen LogP contribution in [0.1, 0.15) is 32.9 Å². The summed E-state index contributed by atoms with van der Waals surface area (Å²) in [6.07, 6.45) is 2.38. The van der Waals surface area contributed by atoms with Gasteiger partial charge in [0.15, 0.2) is 0 Å². The zero-order valence-electron chi connectivity index (χ0n) is 11.0. The Morgan fingerprint density at radius 3 is 2.59 bits per heavy atom. The van der Waals surface area contributed by atoms with Crippen LogP contribution in [0, 0.1) is 17.2 Å². The van der Waals surface area contributed by atoms with E-state index in [9.17, 15) is 4.39 Å². The maximum absolute atomic E-state index is 13.0. The van der Waals surface area contributed by atoms with E-state index < -0.39 is 0 Å². The Labute approximate surface area is 103 Å². The van der Waals surface area contributed by atoms with Crippen molar-refractivity contribution in [2.24, 2.45) is 11.3 Å². The molecule has 1 aliphatic rings. The van der Waals surface area contributed by atoms with E-state index in [-0.39, 0.29) is 16.6 Å². The zero-order chi connectivity index (χ0) is 12.7. The number of nitrogens with zero attached hydrogens (tertiary/aromatic N) is 1. The summed E-state index contributed by atoms with van der Waals surface area (Å²) in [6.45, 7) is 7.75. The molecule has 3 heteroatoms. The zero-order valence-corrected chi connectivity index (χ0v) is 11.0. The van der Waals surface area contributed by atoms with Crippen molar-refractivity contribution in [3.05, 3.63) is 29.8 Å². The summed E-state index contributed by atoms with van der Waals surface area (Å²) in [5, 5.41) is 3.25. The van der Waals surface area contributed by atoms with E-state index in [2.05, 4.69) is 31.1 Å². The standard InChI is InChI=1S/C14H21FN2/c1-5-14(11(9-16-4)13(14,2)3)12-7-6-10(15)8-17-12/h6-8,11,16H,5,9H2,1-4H3. The van der Waals surface area contributed by atoms with Crippen LogP contribution in [0.25, 0.3) is 0 Å².